The first kappa shape index (κ1) is 20.3. The topological polar surface area (TPSA) is 21.3 Å². The minimum absolute atomic E-state index is 0. The van der Waals surface area contributed by atoms with Gasteiger partial charge in [0.15, 0.2) is 0 Å². The number of hydrogen-bond acceptors (Lipinski definition) is 2. The van der Waals surface area contributed by atoms with Gasteiger partial charge in [0.1, 0.15) is 12.4 Å². The molecule has 0 amide bonds. The summed E-state index contributed by atoms with van der Waals surface area (Å²) < 4.78 is 6.00. The SMILES string of the molecule is Cc1ccc(CNCc2ccccc2OCc2ccc(Cl)cc2)cc1.Cl. The molecule has 0 saturated carbocycles. The van der Waals surface area contributed by atoms with Crippen LogP contribution in [0.15, 0.2) is 72.8 Å². The molecule has 0 atom stereocenters. The zero-order valence-corrected chi connectivity index (χ0v) is 16.3. The molecule has 0 unspecified atom stereocenters. The van der Waals surface area contributed by atoms with Crippen LogP contribution in [0.3, 0.4) is 0 Å². The third-order valence-electron chi connectivity index (χ3n) is 4.05. The predicted molar refractivity (Wildman–Crippen MR) is 111 cm³/mol. The summed E-state index contributed by atoms with van der Waals surface area (Å²) in [7, 11) is 0. The van der Waals surface area contributed by atoms with Gasteiger partial charge in [-0.05, 0) is 36.2 Å². The van der Waals surface area contributed by atoms with E-state index in [-0.39, 0.29) is 12.4 Å². The average molecular weight is 388 g/mol. The minimum Gasteiger partial charge on any atom is -0.489 e. The van der Waals surface area contributed by atoms with Crippen LogP contribution in [0.2, 0.25) is 5.02 Å². The third kappa shape index (κ3) is 6.06. The van der Waals surface area contributed by atoms with E-state index in [1.54, 1.807) is 0 Å². The molecule has 0 spiro atoms. The Balaban J connectivity index is 0.00000243. The summed E-state index contributed by atoms with van der Waals surface area (Å²) in [6.07, 6.45) is 0. The van der Waals surface area contributed by atoms with Crippen molar-refractivity contribution in [3.8, 4) is 5.75 Å². The van der Waals surface area contributed by atoms with E-state index in [2.05, 4.69) is 42.6 Å². The number of ether oxygens (including phenoxy) is 1. The van der Waals surface area contributed by atoms with Crippen molar-refractivity contribution in [2.24, 2.45) is 0 Å². The summed E-state index contributed by atoms with van der Waals surface area (Å²) in [4.78, 5) is 0. The molecule has 0 aliphatic heterocycles. The highest BCUT2D eigenvalue weighted by Gasteiger charge is 2.04. The highest BCUT2D eigenvalue weighted by molar-refractivity contribution is 6.30. The molecule has 0 aliphatic rings. The van der Waals surface area contributed by atoms with Crippen LogP contribution in [0, 0.1) is 6.92 Å². The Morgan fingerprint density at radius 1 is 0.808 bits per heavy atom. The largest absolute Gasteiger partial charge is 0.489 e. The lowest BCUT2D eigenvalue weighted by Gasteiger charge is -2.12. The summed E-state index contributed by atoms with van der Waals surface area (Å²) >= 11 is 5.92. The second kappa shape index (κ2) is 10.2. The van der Waals surface area contributed by atoms with Crippen molar-refractivity contribution in [1.29, 1.82) is 0 Å². The van der Waals surface area contributed by atoms with Crippen molar-refractivity contribution in [3.05, 3.63) is 100 Å². The van der Waals surface area contributed by atoms with Crippen LogP contribution in [-0.2, 0) is 19.7 Å². The van der Waals surface area contributed by atoms with Gasteiger partial charge in [-0.15, -0.1) is 12.4 Å². The molecular formula is C22H23Cl2NO. The van der Waals surface area contributed by atoms with Crippen LogP contribution in [0.25, 0.3) is 0 Å². The van der Waals surface area contributed by atoms with E-state index < -0.39 is 0 Å². The van der Waals surface area contributed by atoms with E-state index in [9.17, 15) is 0 Å². The number of benzene rings is 3. The smallest absolute Gasteiger partial charge is 0.124 e. The molecule has 0 saturated heterocycles. The summed E-state index contributed by atoms with van der Waals surface area (Å²) in [6, 6.07) is 24.5. The maximum Gasteiger partial charge on any atom is 0.124 e. The van der Waals surface area contributed by atoms with Gasteiger partial charge in [-0.1, -0.05) is 71.8 Å². The van der Waals surface area contributed by atoms with E-state index >= 15 is 0 Å². The lowest BCUT2D eigenvalue weighted by atomic mass is 10.1. The number of para-hydroxylation sites is 1. The van der Waals surface area contributed by atoms with E-state index in [0.29, 0.717) is 6.61 Å². The van der Waals surface area contributed by atoms with Gasteiger partial charge in [-0.2, -0.15) is 0 Å². The molecule has 26 heavy (non-hydrogen) atoms. The van der Waals surface area contributed by atoms with Crippen LogP contribution in [-0.4, -0.2) is 0 Å². The molecule has 3 rings (SSSR count). The molecule has 0 radical (unpaired) electrons. The van der Waals surface area contributed by atoms with E-state index in [1.165, 1.54) is 11.1 Å². The highest BCUT2D eigenvalue weighted by atomic mass is 35.5. The fourth-order valence-electron chi connectivity index (χ4n) is 2.58. The Morgan fingerprint density at radius 3 is 2.19 bits per heavy atom. The van der Waals surface area contributed by atoms with Gasteiger partial charge in [-0.25, -0.2) is 0 Å². The van der Waals surface area contributed by atoms with Gasteiger partial charge >= 0.3 is 0 Å². The van der Waals surface area contributed by atoms with Gasteiger partial charge in [0.2, 0.25) is 0 Å². The van der Waals surface area contributed by atoms with Gasteiger partial charge in [-0.3, -0.25) is 0 Å². The second-order valence-electron chi connectivity index (χ2n) is 6.11. The summed E-state index contributed by atoms with van der Waals surface area (Å²) in [5.41, 5.74) is 4.82. The maximum absolute atomic E-state index is 6.00. The molecular weight excluding hydrogens is 365 g/mol. The number of halogens is 2. The minimum atomic E-state index is 0. The normalized spacial score (nSPS) is 10.2. The molecule has 2 nitrogen and oxygen atoms in total. The molecule has 0 bridgehead atoms. The Bertz CT molecular complexity index is 801. The fourth-order valence-corrected chi connectivity index (χ4v) is 2.71. The summed E-state index contributed by atoms with van der Waals surface area (Å²) in [5, 5.41) is 4.23. The summed E-state index contributed by atoms with van der Waals surface area (Å²) in [6.45, 7) is 4.24. The Labute approximate surface area is 166 Å². The van der Waals surface area contributed by atoms with Gasteiger partial charge in [0.25, 0.3) is 0 Å². The van der Waals surface area contributed by atoms with Crippen LogP contribution in [0.1, 0.15) is 22.3 Å². The molecule has 136 valence electrons. The molecule has 3 aromatic rings. The van der Waals surface area contributed by atoms with Crippen LogP contribution in [0.5, 0.6) is 5.75 Å². The zero-order valence-electron chi connectivity index (χ0n) is 14.7. The first-order valence-corrected chi connectivity index (χ1v) is 8.80. The lowest BCUT2D eigenvalue weighted by molar-refractivity contribution is 0.302. The standard InChI is InChI=1S/C22H22ClNO.ClH/c1-17-6-8-18(9-7-17)14-24-15-20-4-2-3-5-22(20)25-16-19-10-12-21(23)13-11-19;/h2-13,24H,14-16H2,1H3;1H. The maximum atomic E-state index is 6.00. The van der Waals surface area contributed by atoms with Gasteiger partial charge < -0.3 is 10.1 Å². The van der Waals surface area contributed by atoms with Gasteiger partial charge in [0, 0.05) is 23.7 Å². The van der Waals surface area contributed by atoms with Crippen LogP contribution < -0.4 is 10.1 Å². The van der Waals surface area contributed by atoms with Gasteiger partial charge in [0.05, 0.1) is 0 Å². The number of hydrogen-bond donors (Lipinski definition) is 1. The van der Waals surface area contributed by atoms with Crippen molar-refractivity contribution in [1.82, 2.24) is 5.32 Å². The fraction of sp³-hybridized carbons (Fsp3) is 0.182. The van der Waals surface area contributed by atoms with Crippen molar-refractivity contribution >= 4 is 24.0 Å². The van der Waals surface area contributed by atoms with E-state index in [0.717, 1.165) is 35.0 Å². The molecule has 3 aromatic carbocycles. The van der Waals surface area contributed by atoms with Crippen molar-refractivity contribution in [3.63, 3.8) is 0 Å². The van der Waals surface area contributed by atoms with Crippen molar-refractivity contribution < 1.29 is 4.74 Å². The molecule has 0 aromatic heterocycles. The second-order valence-corrected chi connectivity index (χ2v) is 6.55. The Kier molecular flexibility index (Phi) is 7.99. The van der Waals surface area contributed by atoms with Crippen molar-refractivity contribution in [2.45, 2.75) is 26.6 Å². The lowest BCUT2D eigenvalue weighted by Crippen LogP contribution is -2.13. The first-order valence-electron chi connectivity index (χ1n) is 8.42. The van der Waals surface area contributed by atoms with Crippen LogP contribution in [0.4, 0.5) is 0 Å². The monoisotopic (exact) mass is 387 g/mol. The Hall–Kier alpha value is -2.00. The quantitative estimate of drug-likeness (QED) is 0.541. The molecule has 0 aliphatic carbocycles. The van der Waals surface area contributed by atoms with Crippen molar-refractivity contribution in [2.75, 3.05) is 0 Å². The zero-order chi connectivity index (χ0) is 17.5. The van der Waals surface area contributed by atoms with E-state index in [4.69, 9.17) is 16.3 Å². The first-order chi connectivity index (χ1) is 12.2. The molecule has 1 N–H and O–H groups in total. The number of nitrogens with one attached hydrogen (secondary N) is 1. The number of aryl methyl sites for hydroxylation is 1. The summed E-state index contributed by atoms with van der Waals surface area (Å²) in [5.74, 6) is 0.911. The Morgan fingerprint density at radius 2 is 1.46 bits per heavy atom. The number of rotatable bonds is 7. The van der Waals surface area contributed by atoms with Crippen LogP contribution >= 0.6 is 24.0 Å². The molecule has 4 heteroatoms. The highest BCUT2D eigenvalue weighted by Crippen LogP contribution is 2.20. The molecule has 0 heterocycles. The molecule has 0 fully saturated rings. The average Bonchev–Trinajstić information content (AvgIpc) is 2.64. The predicted octanol–water partition coefficient (Wildman–Crippen LogP) is 5.94. The van der Waals surface area contributed by atoms with E-state index in [1.807, 2.05) is 42.5 Å². The third-order valence-corrected chi connectivity index (χ3v) is 4.30.